The van der Waals surface area contributed by atoms with Crippen LogP contribution in [0.3, 0.4) is 0 Å². The molecule has 0 saturated heterocycles. The molecule has 0 aliphatic heterocycles. The molecule has 1 heterocycles. The molecule has 0 radical (unpaired) electrons. The van der Waals surface area contributed by atoms with E-state index in [2.05, 4.69) is 21.2 Å². The van der Waals surface area contributed by atoms with Crippen LogP contribution in [0.15, 0.2) is 27.1 Å². The Kier molecular flexibility index (Phi) is 5.40. The van der Waals surface area contributed by atoms with Crippen LogP contribution in [0.25, 0.3) is 0 Å². The summed E-state index contributed by atoms with van der Waals surface area (Å²) < 4.78 is 19.9. The lowest BCUT2D eigenvalue weighted by Gasteiger charge is -2.06. The lowest BCUT2D eigenvalue weighted by atomic mass is 10.1. The molecule has 0 fully saturated rings. The minimum absolute atomic E-state index is 0.136. The van der Waals surface area contributed by atoms with Crippen LogP contribution in [0.1, 0.15) is 39.4 Å². The van der Waals surface area contributed by atoms with E-state index in [4.69, 9.17) is 4.42 Å². The molecule has 1 aromatic carbocycles. The van der Waals surface area contributed by atoms with Crippen molar-refractivity contribution in [2.45, 2.75) is 33.6 Å². The van der Waals surface area contributed by atoms with Crippen molar-refractivity contribution in [3.63, 3.8) is 0 Å². The summed E-state index contributed by atoms with van der Waals surface area (Å²) in [5, 5.41) is 2.86. The van der Waals surface area contributed by atoms with Crippen molar-refractivity contribution >= 4 is 21.8 Å². The Labute approximate surface area is 138 Å². The number of furan rings is 1. The molecule has 22 heavy (non-hydrogen) atoms. The molecule has 2 aromatic rings. The highest BCUT2D eigenvalue weighted by atomic mass is 79.9. The third-order valence-electron chi connectivity index (χ3n) is 3.71. The van der Waals surface area contributed by atoms with Crippen molar-refractivity contribution in [1.29, 1.82) is 0 Å². The van der Waals surface area contributed by atoms with Gasteiger partial charge in [0.25, 0.3) is 5.91 Å². The number of aryl methyl sites for hydroxylation is 3. The number of rotatable bonds is 5. The molecular formula is C17H19BrFNO2. The van der Waals surface area contributed by atoms with Gasteiger partial charge in [-0.1, -0.05) is 22.0 Å². The van der Waals surface area contributed by atoms with E-state index >= 15 is 0 Å². The van der Waals surface area contributed by atoms with E-state index in [9.17, 15) is 9.18 Å². The van der Waals surface area contributed by atoms with Gasteiger partial charge in [0.05, 0.1) is 5.56 Å². The predicted molar refractivity (Wildman–Crippen MR) is 87.7 cm³/mol. The van der Waals surface area contributed by atoms with E-state index in [0.717, 1.165) is 15.8 Å². The molecule has 0 atom stereocenters. The number of carbonyl (C=O) groups excluding carboxylic acids is 1. The van der Waals surface area contributed by atoms with Gasteiger partial charge in [-0.25, -0.2) is 4.39 Å². The normalized spacial score (nSPS) is 10.8. The zero-order chi connectivity index (χ0) is 16.3. The predicted octanol–water partition coefficient (Wildman–Crippen LogP) is 4.47. The zero-order valence-corrected chi connectivity index (χ0v) is 14.5. The van der Waals surface area contributed by atoms with Gasteiger partial charge >= 0.3 is 0 Å². The van der Waals surface area contributed by atoms with Gasteiger partial charge in [0, 0.05) is 16.6 Å². The number of benzene rings is 1. The molecule has 0 spiro atoms. The van der Waals surface area contributed by atoms with Crippen LogP contribution in [-0.2, 0) is 6.42 Å². The van der Waals surface area contributed by atoms with Crippen molar-refractivity contribution in [2.75, 3.05) is 6.54 Å². The second kappa shape index (κ2) is 7.09. The van der Waals surface area contributed by atoms with E-state index in [1.165, 1.54) is 6.07 Å². The molecule has 0 aliphatic rings. The highest BCUT2D eigenvalue weighted by Gasteiger charge is 2.17. The summed E-state index contributed by atoms with van der Waals surface area (Å²) in [5.41, 5.74) is 2.13. The first-order valence-corrected chi connectivity index (χ1v) is 7.98. The van der Waals surface area contributed by atoms with Crippen LogP contribution in [0.5, 0.6) is 0 Å². The van der Waals surface area contributed by atoms with Gasteiger partial charge in [0.15, 0.2) is 0 Å². The van der Waals surface area contributed by atoms with Crippen molar-refractivity contribution in [3.05, 3.63) is 56.7 Å². The maximum Gasteiger partial charge on any atom is 0.255 e. The highest BCUT2D eigenvalue weighted by molar-refractivity contribution is 9.10. The summed E-state index contributed by atoms with van der Waals surface area (Å²) in [6, 6.07) is 5.03. The van der Waals surface area contributed by atoms with E-state index < -0.39 is 0 Å². The number of hydrogen-bond acceptors (Lipinski definition) is 2. The van der Waals surface area contributed by atoms with Crippen molar-refractivity contribution < 1.29 is 13.6 Å². The molecule has 1 N–H and O–H groups in total. The first-order valence-electron chi connectivity index (χ1n) is 7.19. The lowest BCUT2D eigenvalue weighted by molar-refractivity contribution is 0.0951. The van der Waals surface area contributed by atoms with Crippen molar-refractivity contribution in [2.24, 2.45) is 0 Å². The monoisotopic (exact) mass is 367 g/mol. The minimum Gasteiger partial charge on any atom is -0.466 e. The van der Waals surface area contributed by atoms with E-state index in [1.807, 2.05) is 19.9 Å². The number of amides is 1. The molecule has 0 unspecified atom stereocenters. The van der Waals surface area contributed by atoms with Gasteiger partial charge in [-0.3, -0.25) is 4.79 Å². The van der Waals surface area contributed by atoms with E-state index in [1.54, 1.807) is 13.0 Å². The molecule has 3 nitrogen and oxygen atoms in total. The molecule has 0 saturated carbocycles. The SMILES string of the molecule is Cc1oc(C)c(C(=O)NCCCc2ccc(Br)cc2F)c1C. The fraction of sp³-hybridized carbons (Fsp3) is 0.353. The second-order valence-corrected chi connectivity index (χ2v) is 6.23. The highest BCUT2D eigenvalue weighted by Crippen LogP contribution is 2.20. The molecule has 1 amide bonds. The Bertz CT molecular complexity index is 694. The van der Waals surface area contributed by atoms with Crippen LogP contribution in [0.2, 0.25) is 0 Å². The maximum absolute atomic E-state index is 13.7. The molecule has 0 bridgehead atoms. The summed E-state index contributed by atoms with van der Waals surface area (Å²) in [6.07, 6.45) is 1.26. The number of nitrogens with one attached hydrogen (secondary N) is 1. The third kappa shape index (κ3) is 3.77. The van der Waals surface area contributed by atoms with Crippen molar-refractivity contribution in [1.82, 2.24) is 5.32 Å². The molecule has 0 aliphatic carbocycles. The standard InChI is InChI=1S/C17H19BrFNO2/c1-10-11(2)22-12(3)16(10)17(21)20-8-4-5-13-6-7-14(18)9-15(13)19/h6-7,9H,4-5,8H2,1-3H3,(H,20,21). The quantitative estimate of drug-likeness (QED) is 0.792. The van der Waals surface area contributed by atoms with Gasteiger partial charge in [0.2, 0.25) is 0 Å². The maximum atomic E-state index is 13.7. The average Bonchev–Trinajstić information content (AvgIpc) is 2.70. The third-order valence-corrected chi connectivity index (χ3v) is 4.21. The van der Waals surface area contributed by atoms with Gasteiger partial charge in [-0.15, -0.1) is 0 Å². The lowest BCUT2D eigenvalue weighted by Crippen LogP contribution is -2.25. The van der Waals surface area contributed by atoms with Crippen LogP contribution in [-0.4, -0.2) is 12.5 Å². The Morgan fingerprint density at radius 1 is 1.27 bits per heavy atom. The van der Waals surface area contributed by atoms with E-state index in [0.29, 0.717) is 36.3 Å². The number of hydrogen-bond donors (Lipinski definition) is 1. The van der Waals surface area contributed by atoms with Crippen LogP contribution in [0, 0.1) is 26.6 Å². The Morgan fingerprint density at radius 2 is 2.00 bits per heavy atom. The first kappa shape index (κ1) is 16.7. The largest absolute Gasteiger partial charge is 0.466 e. The Morgan fingerprint density at radius 3 is 2.59 bits per heavy atom. The molecular weight excluding hydrogens is 349 g/mol. The van der Waals surface area contributed by atoms with Gasteiger partial charge in [-0.05, 0) is 51.3 Å². The number of carbonyl (C=O) groups is 1. The van der Waals surface area contributed by atoms with Crippen LogP contribution in [0.4, 0.5) is 4.39 Å². The number of halogens is 2. The molecule has 1 aromatic heterocycles. The summed E-state index contributed by atoms with van der Waals surface area (Å²) >= 11 is 3.23. The summed E-state index contributed by atoms with van der Waals surface area (Å²) in [6.45, 7) is 6.00. The second-order valence-electron chi connectivity index (χ2n) is 5.31. The summed E-state index contributed by atoms with van der Waals surface area (Å²) in [5.74, 6) is 1.03. The van der Waals surface area contributed by atoms with Gasteiger partial charge in [-0.2, -0.15) is 0 Å². The Hall–Kier alpha value is -1.62. The summed E-state index contributed by atoms with van der Waals surface area (Å²) in [7, 11) is 0. The van der Waals surface area contributed by atoms with E-state index in [-0.39, 0.29) is 11.7 Å². The first-order chi connectivity index (χ1) is 10.4. The molecule has 118 valence electrons. The minimum atomic E-state index is -0.224. The molecule has 2 rings (SSSR count). The smallest absolute Gasteiger partial charge is 0.255 e. The van der Waals surface area contributed by atoms with Crippen LogP contribution < -0.4 is 5.32 Å². The molecule has 5 heteroatoms. The van der Waals surface area contributed by atoms with Gasteiger partial charge in [0.1, 0.15) is 17.3 Å². The average molecular weight is 368 g/mol. The van der Waals surface area contributed by atoms with Crippen molar-refractivity contribution in [3.8, 4) is 0 Å². The zero-order valence-electron chi connectivity index (χ0n) is 12.9. The summed E-state index contributed by atoms with van der Waals surface area (Å²) in [4.78, 5) is 12.2. The topological polar surface area (TPSA) is 42.2 Å². The Balaban J connectivity index is 1.87. The fourth-order valence-corrected chi connectivity index (χ4v) is 2.75. The van der Waals surface area contributed by atoms with Crippen LogP contribution >= 0.6 is 15.9 Å². The van der Waals surface area contributed by atoms with Gasteiger partial charge < -0.3 is 9.73 Å². The fourth-order valence-electron chi connectivity index (χ4n) is 2.42.